The number of aryl methyl sites for hydroxylation is 1. The first-order valence-corrected chi connectivity index (χ1v) is 6.06. The first kappa shape index (κ1) is 14.3. The van der Waals surface area contributed by atoms with Crippen molar-refractivity contribution in [2.24, 2.45) is 11.7 Å². The van der Waals surface area contributed by atoms with Crippen LogP contribution in [0.15, 0.2) is 6.33 Å². The van der Waals surface area contributed by atoms with E-state index < -0.39 is 17.8 Å². The van der Waals surface area contributed by atoms with Crippen molar-refractivity contribution in [2.75, 3.05) is 5.32 Å². The first-order chi connectivity index (χ1) is 8.51. The Balaban J connectivity index is 2.97. The minimum atomic E-state index is -0.635. The highest BCUT2D eigenvalue weighted by Gasteiger charge is 2.23. The third kappa shape index (κ3) is 3.15. The van der Waals surface area contributed by atoms with E-state index in [0.29, 0.717) is 12.1 Å². The van der Waals surface area contributed by atoms with Crippen LogP contribution in [0.3, 0.4) is 0 Å². The van der Waals surface area contributed by atoms with Gasteiger partial charge in [-0.15, -0.1) is 0 Å². The maximum atomic E-state index is 13.9. The second kappa shape index (κ2) is 6.28. The lowest BCUT2D eigenvalue weighted by Crippen LogP contribution is -2.41. The van der Waals surface area contributed by atoms with E-state index in [4.69, 9.17) is 5.73 Å². The van der Waals surface area contributed by atoms with Gasteiger partial charge < -0.3 is 11.1 Å². The summed E-state index contributed by atoms with van der Waals surface area (Å²) in [5, 5.41) is 2.77. The maximum absolute atomic E-state index is 13.9. The van der Waals surface area contributed by atoms with Crippen LogP contribution in [0.4, 0.5) is 10.2 Å². The third-order valence-electron chi connectivity index (χ3n) is 3.01. The number of primary amides is 1. The fourth-order valence-corrected chi connectivity index (χ4v) is 1.63. The van der Waals surface area contributed by atoms with E-state index in [9.17, 15) is 9.18 Å². The lowest BCUT2D eigenvalue weighted by Gasteiger charge is -2.22. The van der Waals surface area contributed by atoms with Gasteiger partial charge in [0.25, 0.3) is 0 Å². The first-order valence-electron chi connectivity index (χ1n) is 6.06. The molecule has 1 aromatic heterocycles. The Hall–Kier alpha value is -1.72. The molecule has 0 spiro atoms. The summed E-state index contributed by atoms with van der Waals surface area (Å²) in [6, 6.07) is -0.635. The molecule has 0 fully saturated rings. The van der Waals surface area contributed by atoms with Crippen LogP contribution < -0.4 is 11.1 Å². The molecule has 0 radical (unpaired) electrons. The van der Waals surface area contributed by atoms with Crippen molar-refractivity contribution in [3.63, 3.8) is 0 Å². The predicted octanol–water partition coefficient (Wildman–Crippen LogP) is 1.49. The van der Waals surface area contributed by atoms with Crippen molar-refractivity contribution in [3.05, 3.63) is 17.8 Å². The summed E-state index contributed by atoms with van der Waals surface area (Å²) in [5.74, 6) is -0.997. The van der Waals surface area contributed by atoms with E-state index in [0.717, 1.165) is 6.42 Å². The molecule has 100 valence electrons. The van der Waals surface area contributed by atoms with E-state index in [1.807, 2.05) is 13.8 Å². The Kier molecular flexibility index (Phi) is 5.00. The molecule has 2 atom stereocenters. The smallest absolute Gasteiger partial charge is 0.240 e. The highest BCUT2D eigenvalue weighted by Crippen LogP contribution is 2.17. The van der Waals surface area contributed by atoms with E-state index in [-0.39, 0.29) is 11.7 Å². The van der Waals surface area contributed by atoms with Gasteiger partial charge in [-0.25, -0.2) is 14.4 Å². The van der Waals surface area contributed by atoms with Crippen molar-refractivity contribution in [1.82, 2.24) is 9.97 Å². The van der Waals surface area contributed by atoms with E-state index in [1.54, 1.807) is 6.92 Å². The normalized spacial score (nSPS) is 14.0. The molecule has 0 aliphatic heterocycles. The monoisotopic (exact) mass is 254 g/mol. The molecule has 1 aromatic rings. The average Bonchev–Trinajstić information content (AvgIpc) is 2.36. The molecule has 0 saturated carbocycles. The van der Waals surface area contributed by atoms with Gasteiger partial charge in [0.05, 0.1) is 5.69 Å². The number of nitrogens with zero attached hydrogens (tertiary/aromatic N) is 2. The van der Waals surface area contributed by atoms with Crippen molar-refractivity contribution < 1.29 is 9.18 Å². The van der Waals surface area contributed by atoms with Gasteiger partial charge >= 0.3 is 0 Å². The largest absolute Gasteiger partial charge is 0.368 e. The average molecular weight is 254 g/mol. The topological polar surface area (TPSA) is 80.9 Å². The Morgan fingerprint density at radius 3 is 2.67 bits per heavy atom. The molecule has 1 amide bonds. The zero-order chi connectivity index (χ0) is 13.7. The molecular weight excluding hydrogens is 235 g/mol. The third-order valence-corrected chi connectivity index (χ3v) is 3.01. The minimum absolute atomic E-state index is 0.00180. The van der Waals surface area contributed by atoms with Gasteiger partial charge in [0, 0.05) is 0 Å². The van der Waals surface area contributed by atoms with Crippen LogP contribution in [0, 0.1) is 11.7 Å². The van der Waals surface area contributed by atoms with Crippen LogP contribution in [0.5, 0.6) is 0 Å². The molecular formula is C12H19FN4O. The molecule has 0 aromatic carbocycles. The van der Waals surface area contributed by atoms with Gasteiger partial charge in [-0.3, -0.25) is 4.79 Å². The van der Waals surface area contributed by atoms with Crippen LogP contribution in [-0.4, -0.2) is 21.9 Å². The van der Waals surface area contributed by atoms with Crippen molar-refractivity contribution in [3.8, 4) is 0 Å². The number of carbonyl (C=O) groups is 1. The van der Waals surface area contributed by atoms with Crippen LogP contribution in [0.25, 0.3) is 0 Å². The minimum Gasteiger partial charge on any atom is -0.368 e. The Labute approximate surface area is 106 Å². The van der Waals surface area contributed by atoms with Crippen molar-refractivity contribution >= 4 is 11.7 Å². The zero-order valence-electron chi connectivity index (χ0n) is 10.9. The van der Waals surface area contributed by atoms with Gasteiger partial charge in [-0.05, 0) is 12.3 Å². The van der Waals surface area contributed by atoms with E-state index >= 15 is 0 Å². The quantitative estimate of drug-likeness (QED) is 0.806. The summed E-state index contributed by atoms with van der Waals surface area (Å²) >= 11 is 0. The number of hydrogen-bond acceptors (Lipinski definition) is 4. The fourth-order valence-electron chi connectivity index (χ4n) is 1.63. The Morgan fingerprint density at radius 1 is 1.50 bits per heavy atom. The van der Waals surface area contributed by atoms with Gasteiger partial charge in [0.1, 0.15) is 12.4 Å². The lowest BCUT2D eigenvalue weighted by atomic mass is 9.98. The molecule has 18 heavy (non-hydrogen) atoms. The standard InChI is InChI=1S/C12H19FN4O/c1-4-7(3)10(11(14)18)17-12-9(13)8(5-2)15-6-16-12/h6-7,10H,4-5H2,1-3H3,(H2,14,18)(H,15,16,17). The fraction of sp³-hybridized carbons (Fsp3) is 0.583. The molecule has 0 saturated heterocycles. The molecule has 3 N–H and O–H groups in total. The van der Waals surface area contributed by atoms with Crippen LogP contribution >= 0.6 is 0 Å². The number of nitrogens with one attached hydrogen (secondary N) is 1. The number of hydrogen-bond donors (Lipinski definition) is 2. The maximum Gasteiger partial charge on any atom is 0.240 e. The molecule has 1 heterocycles. The number of amides is 1. The molecule has 1 rings (SSSR count). The molecule has 0 bridgehead atoms. The molecule has 0 aliphatic carbocycles. The summed E-state index contributed by atoms with van der Waals surface area (Å²) in [7, 11) is 0. The molecule has 5 nitrogen and oxygen atoms in total. The summed E-state index contributed by atoms with van der Waals surface area (Å²) in [4.78, 5) is 19.0. The van der Waals surface area contributed by atoms with Gasteiger partial charge in [-0.2, -0.15) is 0 Å². The zero-order valence-corrected chi connectivity index (χ0v) is 10.9. The Bertz CT molecular complexity index is 425. The number of carbonyl (C=O) groups excluding carboxylic acids is 1. The molecule has 2 unspecified atom stereocenters. The van der Waals surface area contributed by atoms with Crippen molar-refractivity contribution in [1.29, 1.82) is 0 Å². The number of aromatic nitrogens is 2. The highest BCUT2D eigenvalue weighted by atomic mass is 19.1. The summed E-state index contributed by atoms with van der Waals surface area (Å²) < 4.78 is 13.9. The summed E-state index contributed by atoms with van der Waals surface area (Å²) in [6.07, 6.45) is 2.50. The second-order valence-electron chi connectivity index (χ2n) is 4.25. The number of nitrogens with two attached hydrogens (primary N) is 1. The highest BCUT2D eigenvalue weighted by molar-refractivity contribution is 5.83. The Morgan fingerprint density at radius 2 is 2.17 bits per heavy atom. The SMILES string of the molecule is CCc1ncnc(NC(C(N)=O)C(C)CC)c1F. The number of halogens is 1. The number of anilines is 1. The van der Waals surface area contributed by atoms with Crippen LogP contribution in [-0.2, 0) is 11.2 Å². The van der Waals surface area contributed by atoms with Gasteiger partial charge in [0.2, 0.25) is 5.91 Å². The van der Waals surface area contributed by atoms with E-state index in [1.165, 1.54) is 6.33 Å². The van der Waals surface area contributed by atoms with E-state index in [2.05, 4.69) is 15.3 Å². The predicted molar refractivity (Wildman–Crippen MR) is 67.4 cm³/mol. The second-order valence-corrected chi connectivity index (χ2v) is 4.25. The number of rotatable bonds is 6. The summed E-state index contributed by atoms with van der Waals surface area (Å²) in [6.45, 7) is 5.62. The molecule has 0 aliphatic rings. The molecule has 6 heteroatoms. The summed E-state index contributed by atoms with van der Waals surface area (Å²) in [5.41, 5.74) is 5.63. The van der Waals surface area contributed by atoms with Gasteiger partial charge in [-0.1, -0.05) is 27.2 Å². The van der Waals surface area contributed by atoms with Crippen molar-refractivity contribution in [2.45, 2.75) is 39.7 Å². The van der Waals surface area contributed by atoms with Crippen LogP contribution in [0.1, 0.15) is 32.9 Å². The lowest BCUT2D eigenvalue weighted by molar-refractivity contribution is -0.119. The van der Waals surface area contributed by atoms with Crippen LogP contribution in [0.2, 0.25) is 0 Å². The van der Waals surface area contributed by atoms with Gasteiger partial charge in [0.15, 0.2) is 11.6 Å².